The highest BCUT2D eigenvalue weighted by Crippen LogP contribution is 2.35. The monoisotopic (exact) mass is 447 g/mol. The fourth-order valence-corrected chi connectivity index (χ4v) is 4.03. The number of aromatic hydroxyl groups is 1. The molecule has 0 bridgehead atoms. The standard InChI is InChI=1S/C21H22BrNO5/c1-27-16-11-17(20(28-2)18(22)12-16)21(26)23-9-7-14(8-10-23)19(25)13-3-5-15(24)6-4-13/h3-6,11-12,14,24H,7-10H2,1-2H3. The highest BCUT2D eigenvalue weighted by molar-refractivity contribution is 9.10. The van der Waals surface area contributed by atoms with E-state index in [1.54, 1.807) is 36.3 Å². The van der Waals surface area contributed by atoms with E-state index in [2.05, 4.69) is 15.9 Å². The van der Waals surface area contributed by atoms with Crippen LogP contribution in [-0.2, 0) is 0 Å². The van der Waals surface area contributed by atoms with Crippen molar-refractivity contribution in [2.24, 2.45) is 5.92 Å². The Labute approximate surface area is 172 Å². The van der Waals surface area contributed by atoms with E-state index in [9.17, 15) is 14.7 Å². The number of ketones is 1. The van der Waals surface area contributed by atoms with Gasteiger partial charge in [-0.1, -0.05) is 0 Å². The van der Waals surface area contributed by atoms with Crippen molar-refractivity contribution in [1.82, 2.24) is 4.90 Å². The molecule has 1 aliphatic rings. The molecule has 7 heteroatoms. The lowest BCUT2D eigenvalue weighted by Crippen LogP contribution is -2.40. The number of nitrogens with zero attached hydrogens (tertiary/aromatic N) is 1. The van der Waals surface area contributed by atoms with Crippen LogP contribution in [0.25, 0.3) is 0 Å². The molecule has 148 valence electrons. The van der Waals surface area contributed by atoms with Crippen molar-refractivity contribution in [1.29, 1.82) is 0 Å². The molecule has 0 radical (unpaired) electrons. The first-order valence-corrected chi connectivity index (χ1v) is 9.78. The lowest BCUT2D eigenvalue weighted by atomic mass is 9.88. The van der Waals surface area contributed by atoms with Crippen LogP contribution in [0.15, 0.2) is 40.9 Å². The van der Waals surface area contributed by atoms with Crippen LogP contribution in [0, 0.1) is 5.92 Å². The number of hydrogen-bond donors (Lipinski definition) is 1. The SMILES string of the molecule is COc1cc(Br)c(OC)c(C(=O)N2CCC(C(=O)c3ccc(O)cc3)CC2)c1. The number of halogens is 1. The smallest absolute Gasteiger partial charge is 0.257 e. The van der Waals surface area contributed by atoms with E-state index in [0.29, 0.717) is 53.0 Å². The third kappa shape index (κ3) is 4.14. The summed E-state index contributed by atoms with van der Waals surface area (Å²) in [6, 6.07) is 9.71. The number of methoxy groups -OCH3 is 2. The molecular weight excluding hydrogens is 426 g/mol. The number of amides is 1. The first-order chi connectivity index (χ1) is 13.4. The Bertz CT molecular complexity index is 873. The van der Waals surface area contributed by atoms with E-state index in [1.165, 1.54) is 19.2 Å². The Morgan fingerprint density at radius 1 is 1.07 bits per heavy atom. The van der Waals surface area contributed by atoms with E-state index in [0.717, 1.165) is 0 Å². The van der Waals surface area contributed by atoms with Crippen LogP contribution in [0.1, 0.15) is 33.6 Å². The highest BCUT2D eigenvalue weighted by atomic mass is 79.9. The van der Waals surface area contributed by atoms with Crippen molar-refractivity contribution in [2.75, 3.05) is 27.3 Å². The maximum absolute atomic E-state index is 13.0. The number of benzene rings is 2. The highest BCUT2D eigenvalue weighted by Gasteiger charge is 2.30. The predicted molar refractivity (Wildman–Crippen MR) is 108 cm³/mol. The third-order valence-corrected chi connectivity index (χ3v) is 5.58. The average molecular weight is 448 g/mol. The lowest BCUT2D eigenvalue weighted by molar-refractivity contribution is 0.0647. The quantitative estimate of drug-likeness (QED) is 0.703. The van der Waals surface area contributed by atoms with Crippen LogP contribution >= 0.6 is 15.9 Å². The fraction of sp³-hybridized carbons (Fsp3) is 0.333. The Balaban J connectivity index is 1.71. The Morgan fingerprint density at radius 2 is 1.71 bits per heavy atom. The summed E-state index contributed by atoms with van der Waals surface area (Å²) in [6.45, 7) is 0.983. The summed E-state index contributed by atoms with van der Waals surface area (Å²) in [5.41, 5.74) is 1.01. The number of phenolic OH excluding ortho intramolecular Hbond substituents is 1. The Kier molecular flexibility index (Phi) is 6.24. The molecule has 2 aromatic rings. The van der Waals surface area contributed by atoms with Gasteiger partial charge in [0.15, 0.2) is 5.78 Å². The van der Waals surface area contributed by atoms with Gasteiger partial charge < -0.3 is 19.5 Å². The average Bonchev–Trinajstić information content (AvgIpc) is 2.72. The minimum Gasteiger partial charge on any atom is -0.508 e. The number of carbonyl (C=O) groups excluding carboxylic acids is 2. The predicted octanol–water partition coefficient (Wildman–Crippen LogP) is 3.91. The van der Waals surface area contributed by atoms with Gasteiger partial charge in [-0.3, -0.25) is 9.59 Å². The van der Waals surface area contributed by atoms with Crippen LogP contribution in [0.3, 0.4) is 0 Å². The minimum atomic E-state index is -0.146. The zero-order chi connectivity index (χ0) is 20.3. The summed E-state index contributed by atoms with van der Waals surface area (Å²) in [5.74, 6) is 0.935. The Hall–Kier alpha value is -2.54. The van der Waals surface area contributed by atoms with E-state index >= 15 is 0 Å². The molecule has 1 N–H and O–H groups in total. The van der Waals surface area contributed by atoms with E-state index in [4.69, 9.17) is 9.47 Å². The number of phenols is 1. The second-order valence-electron chi connectivity index (χ2n) is 6.67. The van der Waals surface area contributed by atoms with E-state index in [-0.39, 0.29) is 23.4 Å². The molecule has 0 atom stereocenters. The van der Waals surface area contributed by atoms with Gasteiger partial charge in [0, 0.05) is 24.6 Å². The van der Waals surface area contributed by atoms with Crippen molar-refractivity contribution < 1.29 is 24.2 Å². The number of likely N-dealkylation sites (tertiary alicyclic amines) is 1. The van der Waals surface area contributed by atoms with Crippen LogP contribution in [0.2, 0.25) is 0 Å². The normalized spacial score (nSPS) is 14.6. The maximum Gasteiger partial charge on any atom is 0.257 e. The fourth-order valence-electron chi connectivity index (χ4n) is 3.43. The lowest BCUT2D eigenvalue weighted by Gasteiger charge is -2.32. The summed E-state index contributed by atoms with van der Waals surface area (Å²) in [6.07, 6.45) is 1.19. The number of carbonyl (C=O) groups is 2. The molecule has 1 fully saturated rings. The van der Waals surface area contributed by atoms with Gasteiger partial charge in [0.1, 0.15) is 17.2 Å². The molecule has 0 spiro atoms. The number of hydrogen-bond acceptors (Lipinski definition) is 5. The molecule has 3 rings (SSSR count). The van der Waals surface area contributed by atoms with Crippen LogP contribution in [0.5, 0.6) is 17.2 Å². The molecule has 1 heterocycles. The minimum absolute atomic E-state index is 0.0498. The van der Waals surface area contributed by atoms with Gasteiger partial charge in [-0.25, -0.2) is 0 Å². The number of Topliss-reactive ketones (excluding diaryl/α,β-unsaturated/α-hetero) is 1. The molecule has 28 heavy (non-hydrogen) atoms. The summed E-state index contributed by atoms with van der Waals surface area (Å²) in [4.78, 5) is 27.4. The zero-order valence-electron chi connectivity index (χ0n) is 15.8. The van der Waals surface area contributed by atoms with E-state index < -0.39 is 0 Å². The van der Waals surface area contributed by atoms with Gasteiger partial charge in [-0.15, -0.1) is 0 Å². The summed E-state index contributed by atoms with van der Waals surface area (Å²) in [5, 5.41) is 9.37. The van der Waals surface area contributed by atoms with Gasteiger partial charge in [0.25, 0.3) is 5.91 Å². The van der Waals surface area contributed by atoms with Crippen molar-refractivity contribution in [3.63, 3.8) is 0 Å². The number of piperidine rings is 1. The molecule has 0 unspecified atom stereocenters. The molecule has 2 aromatic carbocycles. The summed E-state index contributed by atoms with van der Waals surface area (Å²) >= 11 is 3.41. The third-order valence-electron chi connectivity index (χ3n) is 4.99. The first kappa shape index (κ1) is 20.2. The van der Waals surface area contributed by atoms with Gasteiger partial charge in [0.05, 0.1) is 24.3 Å². The van der Waals surface area contributed by atoms with Crippen molar-refractivity contribution in [3.8, 4) is 17.2 Å². The van der Waals surface area contributed by atoms with E-state index in [1.807, 2.05) is 0 Å². The van der Waals surface area contributed by atoms with Crippen LogP contribution < -0.4 is 9.47 Å². The van der Waals surface area contributed by atoms with Crippen molar-refractivity contribution >= 4 is 27.6 Å². The first-order valence-electron chi connectivity index (χ1n) is 8.98. The van der Waals surface area contributed by atoms with Crippen molar-refractivity contribution in [3.05, 3.63) is 52.0 Å². The molecule has 0 aliphatic carbocycles. The molecular formula is C21H22BrNO5. The molecule has 1 saturated heterocycles. The summed E-state index contributed by atoms with van der Waals surface area (Å²) < 4.78 is 11.3. The molecule has 1 amide bonds. The van der Waals surface area contributed by atoms with Gasteiger partial charge in [-0.2, -0.15) is 0 Å². The van der Waals surface area contributed by atoms with Crippen LogP contribution in [-0.4, -0.2) is 49.0 Å². The van der Waals surface area contributed by atoms with Crippen molar-refractivity contribution in [2.45, 2.75) is 12.8 Å². The maximum atomic E-state index is 13.0. The number of rotatable bonds is 5. The Morgan fingerprint density at radius 3 is 2.29 bits per heavy atom. The second-order valence-corrected chi connectivity index (χ2v) is 7.52. The molecule has 1 aliphatic heterocycles. The zero-order valence-corrected chi connectivity index (χ0v) is 17.4. The topological polar surface area (TPSA) is 76.1 Å². The molecule has 6 nitrogen and oxygen atoms in total. The largest absolute Gasteiger partial charge is 0.508 e. The van der Waals surface area contributed by atoms with Gasteiger partial charge in [0.2, 0.25) is 0 Å². The number of ether oxygens (including phenoxy) is 2. The van der Waals surface area contributed by atoms with Gasteiger partial charge in [-0.05, 0) is 65.2 Å². The second kappa shape index (κ2) is 8.65. The molecule has 0 saturated carbocycles. The molecule has 0 aromatic heterocycles. The van der Waals surface area contributed by atoms with Gasteiger partial charge >= 0.3 is 0 Å². The summed E-state index contributed by atoms with van der Waals surface area (Å²) in [7, 11) is 3.06. The van der Waals surface area contributed by atoms with Crippen LogP contribution in [0.4, 0.5) is 0 Å².